The Morgan fingerprint density at radius 3 is 2.11 bits per heavy atom. The highest BCUT2D eigenvalue weighted by molar-refractivity contribution is 5.87. The SMILES string of the molecule is CC(C)C(C)N(C)C(=O)N[C@H](CC(N)=O)C(=O)O. The van der Waals surface area contributed by atoms with E-state index in [-0.39, 0.29) is 12.0 Å². The van der Waals surface area contributed by atoms with Gasteiger partial charge >= 0.3 is 12.0 Å². The van der Waals surface area contributed by atoms with Crippen LogP contribution in [0.5, 0.6) is 0 Å². The van der Waals surface area contributed by atoms with E-state index in [1.54, 1.807) is 7.05 Å². The van der Waals surface area contributed by atoms with Crippen molar-refractivity contribution in [1.29, 1.82) is 0 Å². The molecule has 0 saturated heterocycles. The number of primary amides is 1. The number of hydrogen-bond acceptors (Lipinski definition) is 3. The molecule has 2 atom stereocenters. The highest BCUT2D eigenvalue weighted by Crippen LogP contribution is 2.08. The lowest BCUT2D eigenvalue weighted by Gasteiger charge is -2.29. The molecule has 0 aromatic heterocycles. The largest absolute Gasteiger partial charge is 0.480 e. The third kappa shape index (κ3) is 5.03. The number of carbonyl (C=O) groups excluding carboxylic acids is 2. The highest BCUT2D eigenvalue weighted by atomic mass is 16.4. The van der Waals surface area contributed by atoms with Crippen LogP contribution < -0.4 is 11.1 Å². The van der Waals surface area contributed by atoms with Crippen molar-refractivity contribution in [3.63, 3.8) is 0 Å². The summed E-state index contributed by atoms with van der Waals surface area (Å²) in [7, 11) is 1.57. The van der Waals surface area contributed by atoms with Crippen LogP contribution >= 0.6 is 0 Å². The monoisotopic (exact) mass is 259 g/mol. The maximum atomic E-state index is 11.8. The molecule has 0 aliphatic carbocycles. The number of hydrogen-bond donors (Lipinski definition) is 3. The molecular formula is C11H21N3O4. The number of nitrogens with two attached hydrogens (primary N) is 1. The summed E-state index contributed by atoms with van der Waals surface area (Å²) < 4.78 is 0. The third-order valence-corrected chi connectivity index (χ3v) is 2.90. The number of carboxylic acids is 1. The zero-order valence-electron chi connectivity index (χ0n) is 11.1. The van der Waals surface area contributed by atoms with Crippen molar-refractivity contribution in [2.75, 3.05) is 7.05 Å². The minimum Gasteiger partial charge on any atom is -0.480 e. The van der Waals surface area contributed by atoms with Gasteiger partial charge in [-0.15, -0.1) is 0 Å². The average Bonchev–Trinajstić information content (AvgIpc) is 2.24. The molecule has 18 heavy (non-hydrogen) atoms. The molecule has 0 rings (SSSR count). The summed E-state index contributed by atoms with van der Waals surface area (Å²) in [4.78, 5) is 34.7. The Bertz CT molecular complexity index is 330. The summed E-state index contributed by atoms with van der Waals surface area (Å²) in [6.45, 7) is 5.76. The van der Waals surface area contributed by atoms with Crippen LogP contribution in [0.1, 0.15) is 27.2 Å². The maximum absolute atomic E-state index is 11.8. The first kappa shape index (κ1) is 16.2. The van der Waals surface area contributed by atoms with Gasteiger partial charge in [0, 0.05) is 13.1 Å². The Labute approximate surface area is 106 Å². The van der Waals surface area contributed by atoms with Crippen LogP contribution in [-0.2, 0) is 9.59 Å². The lowest BCUT2D eigenvalue weighted by molar-refractivity contribution is -0.141. The average molecular weight is 259 g/mol. The minimum absolute atomic E-state index is 0.0481. The molecule has 0 aliphatic rings. The zero-order chi connectivity index (χ0) is 14.5. The molecule has 0 radical (unpaired) electrons. The molecule has 0 spiro atoms. The summed E-state index contributed by atoms with van der Waals surface area (Å²) in [6.07, 6.45) is -0.426. The van der Waals surface area contributed by atoms with Crippen molar-refractivity contribution in [1.82, 2.24) is 10.2 Å². The molecule has 0 fully saturated rings. The number of aliphatic carboxylic acids is 1. The lowest BCUT2D eigenvalue weighted by Crippen LogP contribution is -2.51. The van der Waals surface area contributed by atoms with Gasteiger partial charge in [-0.05, 0) is 12.8 Å². The van der Waals surface area contributed by atoms with E-state index < -0.39 is 30.4 Å². The van der Waals surface area contributed by atoms with Gasteiger partial charge in [-0.3, -0.25) is 4.79 Å². The second kappa shape index (κ2) is 6.83. The van der Waals surface area contributed by atoms with E-state index in [1.165, 1.54) is 4.90 Å². The molecule has 7 nitrogen and oxygen atoms in total. The fraction of sp³-hybridized carbons (Fsp3) is 0.727. The molecule has 0 aromatic carbocycles. The number of rotatable bonds is 6. The second-order valence-corrected chi connectivity index (χ2v) is 4.61. The van der Waals surface area contributed by atoms with E-state index >= 15 is 0 Å². The number of carboxylic acid groups (broad SMARTS) is 1. The first-order chi connectivity index (χ1) is 8.16. The zero-order valence-corrected chi connectivity index (χ0v) is 11.1. The predicted molar refractivity (Wildman–Crippen MR) is 65.8 cm³/mol. The molecule has 0 heterocycles. The van der Waals surface area contributed by atoms with Crippen molar-refractivity contribution >= 4 is 17.9 Å². The molecule has 0 bridgehead atoms. The Balaban J connectivity index is 4.60. The number of nitrogens with zero attached hydrogens (tertiary/aromatic N) is 1. The van der Waals surface area contributed by atoms with Crippen LogP contribution in [0.2, 0.25) is 0 Å². The maximum Gasteiger partial charge on any atom is 0.326 e. The predicted octanol–water partition coefficient (Wildman–Crippen LogP) is 0.000900. The van der Waals surface area contributed by atoms with E-state index in [4.69, 9.17) is 10.8 Å². The van der Waals surface area contributed by atoms with Crippen molar-refractivity contribution in [2.45, 2.75) is 39.3 Å². The summed E-state index contributed by atoms with van der Waals surface area (Å²) in [5.41, 5.74) is 4.92. The van der Waals surface area contributed by atoms with E-state index in [0.717, 1.165) is 0 Å². The Hall–Kier alpha value is -1.79. The van der Waals surface area contributed by atoms with Gasteiger partial charge in [0.25, 0.3) is 0 Å². The standard InChI is InChI=1S/C11H21N3O4/c1-6(2)7(3)14(4)11(18)13-8(10(16)17)5-9(12)15/h6-8H,5H2,1-4H3,(H2,12,15)(H,13,18)(H,16,17)/t7?,8-/m1/s1. The van der Waals surface area contributed by atoms with Gasteiger partial charge in [-0.25, -0.2) is 9.59 Å². The number of carbonyl (C=O) groups is 3. The van der Waals surface area contributed by atoms with Crippen LogP contribution in [0.4, 0.5) is 4.79 Å². The van der Waals surface area contributed by atoms with Crippen molar-refractivity contribution in [3.8, 4) is 0 Å². The Morgan fingerprint density at radius 2 is 1.78 bits per heavy atom. The minimum atomic E-state index is -1.29. The molecule has 7 heteroatoms. The van der Waals surface area contributed by atoms with E-state index in [1.807, 2.05) is 20.8 Å². The molecule has 1 unspecified atom stereocenters. The number of urea groups is 1. The fourth-order valence-corrected chi connectivity index (χ4v) is 1.28. The topological polar surface area (TPSA) is 113 Å². The van der Waals surface area contributed by atoms with Crippen LogP contribution in [-0.4, -0.2) is 47.0 Å². The van der Waals surface area contributed by atoms with Crippen molar-refractivity contribution < 1.29 is 19.5 Å². The first-order valence-corrected chi connectivity index (χ1v) is 5.71. The third-order valence-electron chi connectivity index (χ3n) is 2.90. The first-order valence-electron chi connectivity index (χ1n) is 5.71. The second-order valence-electron chi connectivity index (χ2n) is 4.61. The molecule has 4 N–H and O–H groups in total. The summed E-state index contributed by atoms with van der Waals surface area (Å²) >= 11 is 0. The van der Waals surface area contributed by atoms with Gasteiger partial charge in [-0.2, -0.15) is 0 Å². The van der Waals surface area contributed by atoms with Crippen LogP contribution in [0, 0.1) is 5.92 Å². The van der Waals surface area contributed by atoms with Crippen LogP contribution in [0.3, 0.4) is 0 Å². The molecule has 0 saturated carbocycles. The van der Waals surface area contributed by atoms with Gasteiger partial charge in [0.1, 0.15) is 6.04 Å². The van der Waals surface area contributed by atoms with Crippen molar-refractivity contribution in [3.05, 3.63) is 0 Å². The van der Waals surface area contributed by atoms with E-state index in [9.17, 15) is 14.4 Å². The van der Waals surface area contributed by atoms with Gasteiger partial charge in [0.2, 0.25) is 5.91 Å². The quantitative estimate of drug-likeness (QED) is 0.623. The van der Waals surface area contributed by atoms with E-state index in [2.05, 4.69) is 5.32 Å². The molecule has 3 amide bonds. The normalized spacial score (nSPS) is 13.8. The molecular weight excluding hydrogens is 238 g/mol. The Morgan fingerprint density at radius 1 is 1.28 bits per heavy atom. The van der Waals surface area contributed by atoms with Crippen molar-refractivity contribution in [2.24, 2.45) is 11.7 Å². The smallest absolute Gasteiger partial charge is 0.326 e. The molecule has 104 valence electrons. The highest BCUT2D eigenvalue weighted by Gasteiger charge is 2.25. The molecule has 0 aromatic rings. The van der Waals surface area contributed by atoms with Gasteiger partial charge in [0.15, 0.2) is 0 Å². The number of amides is 3. The van der Waals surface area contributed by atoms with Gasteiger partial charge in [-0.1, -0.05) is 13.8 Å². The summed E-state index contributed by atoms with van der Waals surface area (Å²) in [5.74, 6) is -1.82. The van der Waals surface area contributed by atoms with E-state index in [0.29, 0.717) is 0 Å². The van der Waals surface area contributed by atoms with Crippen LogP contribution in [0.15, 0.2) is 0 Å². The lowest BCUT2D eigenvalue weighted by atomic mass is 10.1. The summed E-state index contributed by atoms with van der Waals surface area (Å²) in [6, 6.07) is -1.88. The molecule has 0 aliphatic heterocycles. The van der Waals surface area contributed by atoms with Gasteiger partial charge in [0.05, 0.1) is 6.42 Å². The Kier molecular flexibility index (Phi) is 6.15. The van der Waals surface area contributed by atoms with Gasteiger partial charge < -0.3 is 21.1 Å². The fourth-order valence-electron chi connectivity index (χ4n) is 1.28. The number of nitrogens with one attached hydrogen (secondary N) is 1. The van der Waals surface area contributed by atoms with Crippen LogP contribution in [0.25, 0.3) is 0 Å². The summed E-state index contributed by atoms with van der Waals surface area (Å²) in [5, 5.41) is 11.1.